The SMILES string of the molecule is ClC(CNc1nncs1)c1ccccc1. The summed E-state index contributed by atoms with van der Waals surface area (Å²) >= 11 is 7.69. The van der Waals surface area contributed by atoms with E-state index in [2.05, 4.69) is 15.5 Å². The fourth-order valence-corrected chi connectivity index (χ4v) is 1.88. The number of benzene rings is 1. The Kier molecular flexibility index (Phi) is 3.53. The summed E-state index contributed by atoms with van der Waals surface area (Å²) in [4.78, 5) is 0. The molecule has 1 heterocycles. The third-order valence-corrected chi connectivity index (χ3v) is 3.01. The number of alkyl halides is 1. The lowest BCUT2D eigenvalue weighted by atomic mass is 10.1. The van der Waals surface area contributed by atoms with Gasteiger partial charge in [0.2, 0.25) is 5.13 Å². The number of hydrogen-bond acceptors (Lipinski definition) is 4. The predicted molar refractivity (Wildman–Crippen MR) is 63.4 cm³/mol. The minimum absolute atomic E-state index is 0.0462. The van der Waals surface area contributed by atoms with Gasteiger partial charge in [-0.2, -0.15) is 0 Å². The van der Waals surface area contributed by atoms with E-state index < -0.39 is 0 Å². The van der Waals surface area contributed by atoms with Gasteiger partial charge in [0.1, 0.15) is 5.51 Å². The van der Waals surface area contributed by atoms with Crippen molar-refractivity contribution in [2.24, 2.45) is 0 Å². The van der Waals surface area contributed by atoms with Crippen molar-refractivity contribution < 1.29 is 0 Å². The highest BCUT2D eigenvalue weighted by Crippen LogP contribution is 2.20. The topological polar surface area (TPSA) is 37.8 Å². The second-order valence-corrected chi connectivity index (χ2v) is 4.36. The van der Waals surface area contributed by atoms with Crippen LogP contribution < -0.4 is 5.32 Å². The van der Waals surface area contributed by atoms with E-state index in [1.165, 1.54) is 11.3 Å². The Balaban J connectivity index is 1.90. The molecule has 15 heavy (non-hydrogen) atoms. The van der Waals surface area contributed by atoms with Crippen LogP contribution in [0.4, 0.5) is 5.13 Å². The van der Waals surface area contributed by atoms with Crippen molar-refractivity contribution in [3.05, 3.63) is 41.4 Å². The van der Waals surface area contributed by atoms with E-state index in [-0.39, 0.29) is 5.38 Å². The van der Waals surface area contributed by atoms with Crippen LogP contribution in [0.25, 0.3) is 0 Å². The molecule has 1 aromatic carbocycles. The minimum atomic E-state index is -0.0462. The zero-order valence-corrected chi connectivity index (χ0v) is 9.50. The summed E-state index contributed by atoms with van der Waals surface area (Å²) in [6.07, 6.45) is 0. The summed E-state index contributed by atoms with van der Waals surface area (Å²) in [7, 11) is 0. The van der Waals surface area contributed by atoms with Gasteiger partial charge >= 0.3 is 0 Å². The van der Waals surface area contributed by atoms with Gasteiger partial charge in [0, 0.05) is 6.54 Å². The molecule has 0 aliphatic rings. The van der Waals surface area contributed by atoms with Crippen LogP contribution in [0, 0.1) is 0 Å². The number of halogens is 1. The van der Waals surface area contributed by atoms with Crippen LogP contribution in [0.5, 0.6) is 0 Å². The van der Waals surface area contributed by atoms with Crippen LogP contribution in [-0.2, 0) is 0 Å². The second kappa shape index (κ2) is 5.09. The molecular weight excluding hydrogens is 230 g/mol. The predicted octanol–water partition coefficient (Wildman–Crippen LogP) is 2.93. The standard InChI is InChI=1S/C10H10ClN3S/c11-9(8-4-2-1-3-5-8)6-12-10-14-13-7-15-10/h1-5,7,9H,6H2,(H,12,14). The van der Waals surface area contributed by atoms with E-state index in [1.807, 2.05) is 30.3 Å². The van der Waals surface area contributed by atoms with Crippen LogP contribution in [0.15, 0.2) is 35.8 Å². The zero-order valence-electron chi connectivity index (χ0n) is 7.93. The lowest BCUT2D eigenvalue weighted by Crippen LogP contribution is -2.07. The highest BCUT2D eigenvalue weighted by Gasteiger charge is 2.07. The summed E-state index contributed by atoms with van der Waals surface area (Å²) in [5, 5.41) is 11.5. The van der Waals surface area contributed by atoms with Gasteiger partial charge in [-0.3, -0.25) is 0 Å². The maximum absolute atomic E-state index is 6.22. The number of anilines is 1. The summed E-state index contributed by atoms with van der Waals surface area (Å²) in [5.41, 5.74) is 2.80. The van der Waals surface area contributed by atoms with E-state index in [4.69, 9.17) is 11.6 Å². The molecule has 5 heteroatoms. The Morgan fingerprint density at radius 3 is 2.80 bits per heavy atom. The number of nitrogens with zero attached hydrogens (tertiary/aromatic N) is 2. The van der Waals surface area contributed by atoms with E-state index in [0.29, 0.717) is 6.54 Å². The van der Waals surface area contributed by atoms with Gasteiger partial charge in [-0.15, -0.1) is 21.8 Å². The van der Waals surface area contributed by atoms with Crippen LogP contribution >= 0.6 is 22.9 Å². The Hall–Kier alpha value is -1.13. The molecule has 0 fully saturated rings. The van der Waals surface area contributed by atoms with Gasteiger partial charge in [-0.05, 0) is 5.56 Å². The van der Waals surface area contributed by atoms with Crippen molar-refractivity contribution in [1.82, 2.24) is 10.2 Å². The highest BCUT2D eigenvalue weighted by molar-refractivity contribution is 7.13. The first-order valence-corrected chi connectivity index (χ1v) is 5.87. The summed E-state index contributed by atoms with van der Waals surface area (Å²) in [5.74, 6) is 0. The van der Waals surface area contributed by atoms with Crippen molar-refractivity contribution in [1.29, 1.82) is 0 Å². The molecule has 1 aromatic heterocycles. The summed E-state index contributed by atoms with van der Waals surface area (Å²) in [6.45, 7) is 0.654. The van der Waals surface area contributed by atoms with E-state index in [1.54, 1.807) is 5.51 Å². The van der Waals surface area contributed by atoms with Crippen LogP contribution in [0.1, 0.15) is 10.9 Å². The van der Waals surface area contributed by atoms with Gasteiger partial charge < -0.3 is 5.32 Å². The van der Waals surface area contributed by atoms with E-state index in [9.17, 15) is 0 Å². The van der Waals surface area contributed by atoms with Crippen LogP contribution in [0.3, 0.4) is 0 Å². The van der Waals surface area contributed by atoms with Gasteiger partial charge in [0.05, 0.1) is 5.38 Å². The number of nitrogens with one attached hydrogen (secondary N) is 1. The fourth-order valence-electron chi connectivity index (χ4n) is 1.21. The smallest absolute Gasteiger partial charge is 0.205 e. The molecule has 0 saturated carbocycles. The molecule has 0 bridgehead atoms. The average molecular weight is 240 g/mol. The maximum atomic E-state index is 6.22. The second-order valence-electron chi connectivity index (χ2n) is 3.00. The number of rotatable bonds is 4. The Labute approximate surface area is 97.1 Å². The van der Waals surface area contributed by atoms with Crippen LogP contribution in [0.2, 0.25) is 0 Å². The zero-order chi connectivity index (χ0) is 10.5. The molecule has 2 aromatic rings. The molecular formula is C10H10ClN3S. The lowest BCUT2D eigenvalue weighted by molar-refractivity contribution is 0.961. The molecule has 1 unspecified atom stereocenters. The first-order chi connectivity index (χ1) is 7.36. The van der Waals surface area contributed by atoms with Gasteiger partial charge in [-0.25, -0.2) is 0 Å². The monoisotopic (exact) mass is 239 g/mol. The van der Waals surface area contributed by atoms with Crippen LogP contribution in [-0.4, -0.2) is 16.7 Å². The third kappa shape index (κ3) is 2.91. The van der Waals surface area contributed by atoms with E-state index in [0.717, 1.165) is 10.7 Å². The highest BCUT2D eigenvalue weighted by atomic mass is 35.5. The average Bonchev–Trinajstić information content (AvgIpc) is 2.80. The molecule has 0 amide bonds. The Morgan fingerprint density at radius 1 is 1.33 bits per heavy atom. The maximum Gasteiger partial charge on any atom is 0.205 e. The van der Waals surface area contributed by atoms with Gasteiger partial charge in [0.15, 0.2) is 0 Å². The molecule has 0 saturated heterocycles. The van der Waals surface area contributed by atoms with Gasteiger partial charge in [-0.1, -0.05) is 41.7 Å². The summed E-state index contributed by atoms with van der Waals surface area (Å²) < 4.78 is 0. The molecule has 0 radical (unpaired) electrons. The largest absolute Gasteiger partial charge is 0.358 e. The lowest BCUT2D eigenvalue weighted by Gasteiger charge is -2.09. The van der Waals surface area contributed by atoms with Crippen molar-refractivity contribution in [3.8, 4) is 0 Å². The summed E-state index contributed by atoms with van der Waals surface area (Å²) in [6, 6.07) is 9.97. The first-order valence-electron chi connectivity index (χ1n) is 4.55. The van der Waals surface area contributed by atoms with Crippen molar-refractivity contribution >= 4 is 28.1 Å². The molecule has 0 aliphatic heterocycles. The molecule has 3 nitrogen and oxygen atoms in total. The van der Waals surface area contributed by atoms with Crippen molar-refractivity contribution in [3.63, 3.8) is 0 Å². The molecule has 0 aliphatic carbocycles. The quantitative estimate of drug-likeness (QED) is 0.834. The van der Waals surface area contributed by atoms with Crippen molar-refractivity contribution in [2.45, 2.75) is 5.38 Å². The Morgan fingerprint density at radius 2 is 2.13 bits per heavy atom. The number of aromatic nitrogens is 2. The molecule has 2 rings (SSSR count). The molecule has 1 atom stereocenters. The van der Waals surface area contributed by atoms with Gasteiger partial charge in [0.25, 0.3) is 0 Å². The third-order valence-electron chi connectivity index (χ3n) is 1.95. The Bertz CT molecular complexity index is 390. The number of hydrogen-bond donors (Lipinski definition) is 1. The van der Waals surface area contributed by atoms with Crippen molar-refractivity contribution in [2.75, 3.05) is 11.9 Å². The molecule has 0 spiro atoms. The minimum Gasteiger partial charge on any atom is -0.358 e. The molecule has 1 N–H and O–H groups in total. The normalized spacial score (nSPS) is 12.3. The fraction of sp³-hybridized carbons (Fsp3) is 0.200. The first kappa shape index (κ1) is 10.4. The molecule has 78 valence electrons. The van der Waals surface area contributed by atoms with E-state index >= 15 is 0 Å².